The summed E-state index contributed by atoms with van der Waals surface area (Å²) >= 11 is 0. The van der Waals surface area contributed by atoms with E-state index in [9.17, 15) is 4.79 Å². The normalized spacial score (nSPS) is 14.4. The standard InChI is InChI=1S/C14H16N4O/c1-8-3-6-11(7-9(8)2)15-14(19)13-16-12(17-18-13)10-4-5-10/h3,6-7,10H,4-5H2,1-2H3,(H,15,19)(H,16,17,18). The van der Waals surface area contributed by atoms with Gasteiger partial charge in [0.05, 0.1) is 0 Å². The number of nitrogens with zero attached hydrogens (tertiary/aromatic N) is 2. The zero-order valence-electron chi connectivity index (χ0n) is 11.0. The van der Waals surface area contributed by atoms with Gasteiger partial charge in [-0.2, -0.15) is 0 Å². The van der Waals surface area contributed by atoms with Gasteiger partial charge < -0.3 is 5.32 Å². The molecule has 2 N–H and O–H groups in total. The molecule has 1 aromatic carbocycles. The molecule has 1 saturated carbocycles. The fourth-order valence-electron chi connectivity index (χ4n) is 1.92. The summed E-state index contributed by atoms with van der Waals surface area (Å²) in [7, 11) is 0. The van der Waals surface area contributed by atoms with Gasteiger partial charge in [0.2, 0.25) is 5.82 Å². The van der Waals surface area contributed by atoms with Crippen LogP contribution in [0.4, 0.5) is 5.69 Å². The van der Waals surface area contributed by atoms with E-state index in [4.69, 9.17) is 0 Å². The molecule has 1 heterocycles. The summed E-state index contributed by atoms with van der Waals surface area (Å²) in [4.78, 5) is 16.2. The van der Waals surface area contributed by atoms with E-state index in [-0.39, 0.29) is 11.7 Å². The van der Waals surface area contributed by atoms with E-state index >= 15 is 0 Å². The number of amides is 1. The summed E-state index contributed by atoms with van der Waals surface area (Å²) in [5.74, 6) is 1.23. The molecule has 1 fully saturated rings. The molecule has 1 amide bonds. The molecule has 0 atom stereocenters. The third kappa shape index (κ3) is 2.50. The highest BCUT2D eigenvalue weighted by Gasteiger charge is 2.28. The van der Waals surface area contributed by atoms with Crippen LogP contribution in [0, 0.1) is 13.8 Å². The second kappa shape index (κ2) is 4.50. The Bertz CT molecular complexity index is 628. The summed E-state index contributed by atoms with van der Waals surface area (Å²) in [5.41, 5.74) is 3.12. The molecule has 1 aliphatic rings. The highest BCUT2D eigenvalue weighted by Crippen LogP contribution is 2.37. The maximum atomic E-state index is 12.0. The molecule has 0 radical (unpaired) electrons. The van der Waals surface area contributed by atoms with Crippen LogP contribution in [0.25, 0.3) is 0 Å². The van der Waals surface area contributed by atoms with Crippen LogP contribution in [0.1, 0.15) is 46.3 Å². The van der Waals surface area contributed by atoms with Crippen molar-refractivity contribution in [3.63, 3.8) is 0 Å². The molecule has 0 bridgehead atoms. The molecule has 19 heavy (non-hydrogen) atoms. The van der Waals surface area contributed by atoms with Crippen LogP contribution in [-0.2, 0) is 0 Å². The predicted octanol–water partition coefficient (Wildman–Crippen LogP) is 2.55. The number of aromatic amines is 1. The first kappa shape index (κ1) is 11.9. The quantitative estimate of drug-likeness (QED) is 0.886. The Hall–Kier alpha value is -2.17. The molecule has 0 spiro atoms. The lowest BCUT2D eigenvalue weighted by atomic mass is 10.1. The number of aromatic nitrogens is 3. The second-order valence-corrected chi connectivity index (χ2v) is 5.07. The number of carbonyl (C=O) groups excluding carboxylic acids is 1. The van der Waals surface area contributed by atoms with Crippen LogP contribution in [0.5, 0.6) is 0 Å². The molecule has 5 nitrogen and oxygen atoms in total. The minimum Gasteiger partial charge on any atom is -0.319 e. The van der Waals surface area contributed by atoms with Gasteiger partial charge in [-0.25, -0.2) is 4.98 Å². The maximum absolute atomic E-state index is 12.0. The molecule has 2 aromatic rings. The van der Waals surface area contributed by atoms with Gasteiger partial charge in [0.25, 0.3) is 5.91 Å². The van der Waals surface area contributed by atoms with Crippen molar-refractivity contribution in [2.75, 3.05) is 5.32 Å². The SMILES string of the molecule is Cc1ccc(NC(=O)c2n[nH]c(C3CC3)n2)cc1C. The molecule has 0 aliphatic heterocycles. The topological polar surface area (TPSA) is 70.7 Å². The molecule has 0 unspecified atom stereocenters. The Morgan fingerprint density at radius 2 is 2.11 bits per heavy atom. The molecular weight excluding hydrogens is 240 g/mol. The average Bonchev–Trinajstić information content (AvgIpc) is 3.11. The Morgan fingerprint density at radius 1 is 1.32 bits per heavy atom. The monoisotopic (exact) mass is 256 g/mol. The summed E-state index contributed by atoms with van der Waals surface area (Å²) < 4.78 is 0. The Labute approximate surface area is 111 Å². The van der Waals surface area contributed by atoms with Crippen molar-refractivity contribution < 1.29 is 4.79 Å². The minimum absolute atomic E-state index is 0.208. The number of anilines is 1. The van der Waals surface area contributed by atoms with Crippen molar-refractivity contribution in [3.05, 3.63) is 41.0 Å². The first-order chi connectivity index (χ1) is 9.13. The van der Waals surface area contributed by atoms with Crippen LogP contribution in [-0.4, -0.2) is 21.1 Å². The van der Waals surface area contributed by atoms with Gasteiger partial charge in [0.1, 0.15) is 5.82 Å². The van der Waals surface area contributed by atoms with Crippen molar-refractivity contribution in [2.24, 2.45) is 0 Å². The largest absolute Gasteiger partial charge is 0.319 e. The lowest BCUT2D eigenvalue weighted by Gasteiger charge is -2.05. The van der Waals surface area contributed by atoms with E-state index < -0.39 is 0 Å². The van der Waals surface area contributed by atoms with Gasteiger partial charge in [-0.15, -0.1) is 5.10 Å². The van der Waals surface area contributed by atoms with E-state index in [0.717, 1.165) is 29.9 Å². The van der Waals surface area contributed by atoms with Crippen LogP contribution in [0.15, 0.2) is 18.2 Å². The summed E-state index contributed by atoms with van der Waals surface area (Å²) in [6.45, 7) is 4.06. The van der Waals surface area contributed by atoms with Crippen LogP contribution >= 0.6 is 0 Å². The van der Waals surface area contributed by atoms with Gasteiger partial charge in [0, 0.05) is 11.6 Å². The van der Waals surface area contributed by atoms with Gasteiger partial charge in [0.15, 0.2) is 0 Å². The van der Waals surface area contributed by atoms with Gasteiger partial charge >= 0.3 is 0 Å². The third-order valence-electron chi connectivity index (χ3n) is 3.43. The first-order valence-corrected chi connectivity index (χ1v) is 6.44. The Balaban J connectivity index is 1.74. The molecule has 3 rings (SSSR count). The van der Waals surface area contributed by atoms with Crippen molar-refractivity contribution in [1.82, 2.24) is 15.2 Å². The summed E-state index contributed by atoms with van der Waals surface area (Å²) in [6, 6.07) is 5.81. The number of hydrogen-bond donors (Lipinski definition) is 2. The van der Waals surface area contributed by atoms with Crippen molar-refractivity contribution in [2.45, 2.75) is 32.6 Å². The van der Waals surface area contributed by atoms with Crippen LogP contribution in [0.2, 0.25) is 0 Å². The van der Waals surface area contributed by atoms with Crippen LogP contribution in [0.3, 0.4) is 0 Å². The Morgan fingerprint density at radius 3 is 2.79 bits per heavy atom. The summed E-state index contributed by atoms with van der Waals surface area (Å²) in [6.07, 6.45) is 2.26. The average molecular weight is 256 g/mol. The van der Waals surface area contributed by atoms with Gasteiger partial charge in [-0.3, -0.25) is 9.89 Å². The number of aryl methyl sites for hydroxylation is 2. The lowest BCUT2D eigenvalue weighted by molar-refractivity contribution is 0.101. The molecule has 5 heteroatoms. The van der Waals surface area contributed by atoms with Gasteiger partial charge in [-0.1, -0.05) is 6.07 Å². The first-order valence-electron chi connectivity index (χ1n) is 6.44. The minimum atomic E-state index is -0.272. The zero-order valence-corrected chi connectivity index (χ0v) is 11.0. The van der Waals surface area contributed by atoms with E-state index in [1.807, 2.05) is 32.0 Å². The number of rotatable bonds is 3. The second-order valence-electron chi connectivity index (χ2n) is 5.07. The predicted molar refractivity (Wildman–Crippen MR) is 72.2 cm³/mol. The molecular formula is C14H16N4O. The third-order valence-corrected chi connectivity index (χ3v) is 3.43. The number of carbonyl (C=O) groups is 1. The fraction of sp³-hybridized carbons (Fsp3) is 0.357. The lowest BCUT2D eigenvalue weighted by Crippen LogP contribution is -2.14. The highest BCUT2D eigenvalue weighted by molar-refractivity contribution is 6.01. The van der Waals surface area contributed by atoms with Crippen molar-refractivity contribution in [3.8, 4) is 0 Å². The van der Waals surface area contributed by atoms with Crippen molar-refractivity contribution in [1.29, 1.82) is 0 Å². The maximum Gasteiger partial charge on any atom is 0.295 e. The van der Waals surface area contributed by atoms with E-state index in [1.165, 1.54) is 5.56 Å². The smallest absolute Gasteiger partial charge is 0.295 e. The Kier molecular flexibility index (Phi) is 2.81. The summed E-state index contributed by atoms with van der Waals surface area (Å²) in [5, 5.41) is 9.61. The molecule has 0 saturated heterocycles. The van der Waals surface area contributed by atoms with E-state index in [1.54, 1.807) is 0 Å². The van der Waals surface area contributed by atoms with Crippen LogP contribution < -0.4 is 5.32 Å². The molecule has 98 valence electrons. The molecule has 1 aliphatic carbocycles. The fourth-order valence-corrected chi connectivity index (χ4v) is 1.92. The van der Waals surface area contributed by atoms with Crippen molar-refractivity contribution >= 4 is 11.6 Å². The number of nitrogens with one attached hydrogen (secondary N) is 2. The number of H-pyrrole nitrogens is 1. The molecule has 1 aromatic heterocycles. The zero-order chi connectivity index (χ0) is 13.4. The van der Waals surface area contributed by atoms with E-state index in [2.05, 4.69) is 20.5 Å². The highest BCUT2D eigenvalue weighted by atomic mass is 16.2. The van der Waals surface area contributed by atoms with Gasteiger partial charge in [-0.05, 0) is 49.9 Å². The number of hydrogen-bond acceptors (Lipinski definition) is 3. The van der Waals surface area contributed by atoms with E-state index in [0.29, 0.717) is 5.92 Å². The number of benzene rings is 1.